The van der Waals surface area contributed by atoms with Crippen molar-refractivity contribution >= 4 is 11.9 Å². The molecule has 0 aliphatic heterocycles. The van der Waals surface area contributed by atoms with Gasteiger partial charge in [-0.25, -0.2) is 9.78 Å². The van der Waals surface area contributed by atoms with Crippen LogP contribution in [0.3, 0.4) is 0 Å². The van der Waals surface area contributed by atoms with Crippen molar-refractivity contribution in [3.8, 4) is 0 Å². The lowest BCUT2D eigenvalue weighted by Crippen LogP contribution is -2.48. The molecule has 1 fully saturated rings. The zero-order valence-electron chi connectivity index (χ0n) is 10.9. The number of imidazole rings is 1. The Morgan fingerprint density at radius 2 is 2.00 bits per heavy atom. The zero-order valence-corrected chi connectivity index (χ0v) is 10.9. The summed E-state index contributed by atoms with van der Waals surface area (Å²) in [5.41, 5.74) is -0.846. The first-order chi connectivity index (χ1) is 9.80. The molecular weight excluding hydrogens is 291 g/mol. The summed E-state index contributed by atoms with van der Waals surface area (Å²) < 4.78 is 38.8. The van der Waals surface area contributed by atoms with Crippen LogP contribution in [0.25, 0.3) is 0 Å². The van der Waals surface area contributed by atoms with Crippen LogP contribution in [0.15, 0.2) is 6.33 Å². The number of carbonyl (C=O) groups excluding carboxylic acids is 1. The summed E-state index contributed by atoms with van der Waals surface area (Å²) in [6.45, 7) is 0. The van der Waals surface area contributed by atoms with Crippen LogP contribution in [0.2, 0.25) is 0 Å². The van der Waals surface area contributed by atoms with Crippen molar-refractivity contribution in [1.29, 1.82) is 0 Å². The Balaban J connectivity index is 2.14. The maximum atomic E-state index is 12.9. The monoisotopic (exact) mass is 305 g/mol. The molecule has 0 radical (unpaired) electrons. The SMILES string of the molecule is O=C(NC1CCCCC1C(F)(F)F)c1nc[nH]c1C(=O)O. The average Bonchev–Trinajstić information content (AvgIpc) is 2.87. The zero-order chi connectivity index (χ0) is 15.6. The standard InChI is InChI=1S/C12H14F3N3O3/c13-12(14,15)6-3-1-2-4-7(6)18-10(19)8-9(11(20)21)17-5-16-8/h5-7H,1-4H2,(H,16,17)(H,18,19)(H,20,21). The highest BCUT2D eigenvalue weighted by atomic mass is 19.4. The quantitative estimate of drug-likeness (QED) is 0.795. The first kappa shape index (κ1) is 15.3. The molecule has 1 aliphatic rings. The number of aromatic nitrogens is 2. The Morgan fingerprint density at radius 1 is 1.33 bits per heavy atom. The Kier molecular flexibility index (Phi) is 4.19. The van der Waals surface area contributed by atoms with E-state index in [1.165, 1.54) is 0 Å². The van der Waals surface area contributed by atoms with Crippen molar-refractivity contribution in [3.63, 3.8) is 0 Å². The number of H-pyrrole nitrogens is 1. The number of nitrogens with one attached hydrogen (secondary N) is 2. The number of hydrogen-bond donors (Lipinski definition) is 3. The smallest absolute Gasteiger partial charge is 0.393 e. The molecule has 1 aromatic heterocycles. The van der Waals surface area contributed by atoms with Crippen LogP contribution in [-0.2, 0) is 0 Å². The van der Waals surface area contributed by atoms with Crippen molar-refractivity contribution in [1.82, 2.24) is 15.3 Å². The number of halogens is 3. The molecule has 3 N–H and O–H groups in total. The van der Waals surface area contributed by atoms with Gasteiger partial charge in [0.15, 0.2) is 11.4 Å². The molecule has 9 heteroatoms. The van der Waals surface area contributed by atoms with Crippen LogP contribution < -0.4 is 5.32 Å². The highest BCUT2D eigenvalue weighted by molar-refractivity contribution is 6.02. The summed E-state index contributed by atoms with van der Waals surface area (Å²) in [7, 11) is 0. The van der Waals surface area contributed by atoms with E-state index in [2.05, 4.69) is 15.3 Å². The Morgan fingerprint density at radius 3 is 2.62 bits per heavy atom. The molecule has 1 amide bonds. The van der Waals surface area contributed by atoms with Crippen molar-refractivity contribution in [2.24, 2.45) is 5.92 Å². The topological polar surface area (TPSA) is 95.1 Å². The van der Waals surface area contributed by atoms with Gasteiger partial charge in [-0.3, -0.25) is 4.79 Å². The van der Waals surface area contributed by atoms with Crippen LogP contribution >= 0.6 is 0 Å². The summed E-state index contributed by atoms with van der Waals surface area (Å²) in [6.07, 6.45) is -2.16. The minimum Gasteiger partial charge on any atom is -0.477 e. The third-order valence-electron chi connectivity index (χ3n) is 3.57. The molecule has 1 aliphatic carbocycles. The molecular formula is C12H14F3N3O3. The molecule has 0 aromatic carbocycles. The molecule has 1 saturated carbocycles. The van der Waals surface area contributed by atoms with Gasteiger partial charge in [-0.15, -0.1) is 0 Å². The molecule has 21 heavy (non-hydrogen) atoms. The lowest BCUT2D eigenvalue weighted by Gasteiger charge is -2.33. The van der Waals surface area contributed by atoms with Gasteiger partial charge in [0, 0.05) is 6.04 Å². The van der Waals surface area contributed by atoms with E-state index in [0.717, 1.165) is 6.33 Å². The average molecular weight is 305 g/mol. The molecule has 1 aromatic rings. The maximum Gasteiger partial charge on any atom is 0.393 e. The van der Waals surface area contributed by atoms with Crippen molar-refractivity contribution in [2.75, 3.05) is 0 Å². The number of rotatable bonds is 3. The second-order valence-electron chi connectivity index (χ2n) is 4.94. The highest BCUT2D eigenvalue weighted by Crippen LogP contribution is 2.37. The van der Waals surface area contributed by atoms with Gasteiger partial charge in [-0.05, 0) is 12.8 Å². The van der Waals surface area contributed by atoms with Crippen molar-refractivity contribution in [2.45, 2.75) is 37.9 Å². The van der Waals surface area contributed by atoms with E-state index in [4.69, 9.17) is 5.11 Å². The molecule has 116 valence electrons. The number of amides is 1. The normalized spacial score (nSPS) is 22.8. The number of carboxylic acids is 1. The predicted molar refractivity (Wildman–Crippen MR) is 64.8 cm³/mol. The lowest BCUT2D eigenvalue weighted by atomic mass is 9.84. The second-order valence-corrected chi connectivity index (χ2v) is 4.94. The fraction of sp³-hybridized carbons (Fsp3) is 0.583. The van der Waals surface area contributed by atoms with Crippen LogP contribution in [0.1, 0.15) is 46.7 Å². The molecule has 6 nitrogen and oxygen atoms in total. The Bertz CT molecular complexity index is 541. The number of hydrogen-bond acceptors (Lipinski definition) is 3. The summed E-state index contributed by atoms with van der Waals surface area (Å²) in [5.74, 6) is -3.91. The second kappa shape index (κ2) is 5.74. The van der Waals surface area contributed by atoms with E-state index in [1.807, 2.05) is 0 Å². The van der Waals surface area contributed by atoms with Crippen molar-refractivity contribution < 1.29 is 27.9 Å². The van der Waals surface area contributed by atoms with E-state index in [-0.39, 0.29) is 12.8 Å². The first-order valence-electron chi connectivity index (χ1n) is 6.45. The van der Waals surface area contributed by atoms with Crippen molar-refractivity contribution in [3.05, 3.63) is 17.7 Å². The van der Waals surface area contributed by atoms with Gasteiger partial charge in [0.2, 0.25) is 0 Å². The van der Waals surface area contributed by atoms with E-state index < -0.39 is 41.4 Å². The third kappa shape index (κ3) is 3.34. The molecule has 0 spiro atoms. The van der Waals surface area contributed by atoms with Crippen LogP contribution in [0, 0.1) is 5.92 Å². The van der Waals surface area contributed by atoms with Gasteiger partial charge in [-0.2, -0.15) is 13.2 Å². The highest BCUT2D eigenvalue weighted by Gasteiger charge is 2.46. The molecule has 0 bridgehead atoms. The van der Waals surface area contributed by atoms with Crippen LogP contribution in [-0.4, -0.2) is 39.2 Å². The summed E-state index contributed by atoms with van der Waals surface area (Å²) in [6, 6.07) is -1.05. The van der Waals surface area contributed by atoms with Crippen LogP contribution in [0.4, 0.5) is 13.2 Å². The summed E-state index contributed by atoms with van der Waals surface area (Å²) in [5, 5.41) is 11.1. The molecule has 0 saturated heterocycles. The Labute approximate surface area is 117 Å². The number of carboxylic acid groups (broad SMARTS) is 1. The van der Waals surface area contributed by atoms with Gasteiger partial charge in [-0.1, -0.05) is 12.8 Å². The number of nitrogens with zero attached hydrogens (tertiary/aromatic N) is 1. The van der Waals surface area contributed by atoms with E-state index in [1.54, 1.807) is 0 Å². The fourth-order valence-corrected chi connectivity index (χ4v) is 2.56. The largest absolute Gasteiger partial charge is 0.477 e. The van der Waals surface area contributed by atoms with Gasteiger partial charge in [0.25, 0.3) is 5.91 Å². The van der Waals surface area contributed by atoms with Gasteiger partial charge in [0.05, 0.1) is 12.2 Å². The molecule has 1 heterocycles. The minimum absolute atomic E-state index is 0.0409. The summed E-state index contributed by atoms with van der Waals surface area (Å²) in [4.78, 5) is 28.7. The number of aromatic carboxylic acids is 1. The van der Waals surface area contributed by atoms with E-state index in [9.17, 15) is 22.8 Å². The Hall–Kier alpha value is -2.06. The molecule has 2 rings (SSSR count). The third-order valence-corrected chi connectivity index (χ3v) is 3.57. The molecule has 2 unspecified atom stereocenters. The van der Waals surface area contributed by atoms with Crippen LogP contribution in [0.5, 0.6) is 0 Å². The van der Waals surface area contributed by atoms with Gasteiger partial charge < -0.3 is 15.4 Å². The number of alkyl halides is 3. The van der Waals surface area contributed by atoms with Gasteiger partial charge in [0.1, 0.15) is 0 Å². The summed E-state index contributed by atoms with van der Waals surface area (Å²) >= 11 is 0. The first-order valence-corrected chi connectivity index (χ1v) is 6.45. The number of carbonyl (C=O) groups is 2. The van der Waals surface area contributed by atoms with E-state index >= 15 is 0 Å². The molecule has 2 atom stereocenters. The lowest BCUT2D eigenvalue weighted by molar-refractivity contribution is -0.187. The fourth-order valence-electron chi connectivity index (χ4n) is 2.56. The van der Waals surface area contributed by atoms with E-state index in [0.29, 0.717) is 12.8 Å². The number of aromatic amines is 1. The van der Waals surface area contributed by atoms with Gasteiger partial charge >= 0.3 is 12.1 Å². The minimum atomic E-state index is -4.39. The predicted octanol–water partition coefficient (Wildman–Crippen LogP) is 1.96. The maximum absolute atomic E-state index is 12.9.